The standard InChI is InChI=1S/C14H20O5/c1-5-7-10-8-14(12(15)17-3,13(16)18-4)9-11(10)19-6-2/h7,10-11H,1,6,8-9H2,2-4H3/t10-,11+/m0/s1. The average molecular weight is 268 g/mol. The fraction of sp³-hybridized carbons (Fsp3) is 0.643. The summed E-state index contributed by atoms with van der Waals surface area (Å²) >= 11 is 0. The van der Waals surface area contributed by atoms with Crippen molar-refractivity contribution in [2.75, 3.05) is 20.8 Å². The zero-order chi connectivity index (χ0) is 14.5. The molecule has 1 saturated carbocycles. The predicted molar refractivity (Wildman–Crippen MR) is 68.3 cm³/mol. The van der Waals surface area contributed by atoms with E-state index in [1.54, 1.807) is 6.08 Å². The zero-order valence-corrected chi connectivity index (χ0v) is 11.6. The van der Waals surface area contributed by atoms with Crippen molar-refractivity contribution in [3.05, 3.63) is 18.4 Å². The minimum absolute atomic E-state index is 0.101. The van der Waals surface area contributed by atoms with Gasteiger partial charge in [0.25, 0.3) is 0 Å². The van der Waals surface area contributed by atoms with E-state index in [1.807, 2.05) is 6.92 Å². The van der Waals surface area contributed by atoms with Gasteiger partial charge < -0.3 is 14.2 Å². The molecule has 0 spiro atoms. The van der Waals surface area contributed by atoms with E-state index in [0.29, 0.717) is 13.0 Å². The molecule has 5 nitrogen and oxygen atoms in total. The summed E-state index contributed by atoms with van der Waals surface area (Å²) in [6.45, 7) is 5.90. The average Bonchev–Trinajstić information content (AvgIpc) is 2.78. The van der Waals surface area contributed by atoms with Crippen molar-refractivity contribution in [1.82, 2.24) is 0 Å². The molecule has 0 bridgehead atoms. The van der Waals surface area contributed by atoms with Crippen LogP contribution in [0.15, 0.2) is 18.4 Å². The highest BCUT2D eigenvalue weighted by atomic mass is 16.5. The van der Waals surface area contributed by atoms with E-state index in [0.717, 1.165) is 0 Å². The molecule has 0 aromatic heterocycles. The van der Waals surface area contributed by atoms with E-state index in [4.69, 9.17) is 14.2 Å². The molecule has 0 radical (unpaired) electrons. The Labute approximate surface area is 113 Å². The van der Waals surface area contributed by atoms with Crippen LogP contribution in [0.1, 0.15) is 19.8 Å². The molecule has 1 rings (SSSR count). The van der Waals surface area contributed by atoms with Crippen LogP contribution in [0.25, 0.3) is 0 Å². The third-order valence-electron chi connectivity index (χ3n) is 3.48. The first-order valence-corrected chi connectivity index (χ1v) is 6.20. The highest BCUT2D eigenvalue weighted by Gasteiger charge is 2.57. The number of methoxy groups -OCH3 is 2. The van der Waals surface area contributed by atoms with Crippen LogP contribution < -0.4 is 0 Å². The quantitative estimate of drug-likeness (QED) is 0.429. The van der Waals surface area contributed by atoms with Crippen LogP contribution in [0.4, 0.5) is 0 Å². The number of carbonyl (C=O) groups is 2. The predicted octanol–water partition coefficient (Wildman–Crippen LogP) is 1.47. The summed E-state index contributed by atoms with van der Waals surface area (Å²) in [5, 5.41) is 0. The van der Waals surface area contributed by atoms with Crippen molar-refractivity contribution in [1.29, 1.82) is 0 Å². The van der Waals surface area contributed by atoms with Crippen molar-refractivity contribution in [2.45, 2.75) is 25.9 Å². The van der Waals surface area contributed by atoms with Crippen LogP contribution in [0.3, 0.4) is 0 Å². The molecule has 0 aliphatic heterocycles. The van der Waals surface area contributed by atoms with Crippen LogP contribution in [-0.4, -0.2) is 38.9 Å². The maximum absolute atomic E-state index is 12.0. The lowest BCUT2D eigenvalue weighted by Crippen LogP contribution is -2.39. The van der Waals surface area contributed by atoms with Crippen LogP contribution in [-0.2, 0) is 23.8 Å². The second kappa shape index (κ2) is 6.55. The Morgan fingerprint density at radius 1 is 1.32 bits per heavy atom. The fourth-order valence-corrected chi connectivity index (χ4v) is 2.63. The maximum atomic E-state index is 12.0. The van der Waals surface area contributed by atoms with Gasteiger partial charge in [0.1, 0.15) is 0 Å². The number of esters is 2. The van der Waals surface area contributed by atoms with Gasteiger partial charge in [-0.2, -0.15) is 0 Å². The molecule has 0 unspecified atom stereocenters. The van der Waals surface area contributed by atoms with Crippen LogP contribution in [0.2, 0.25) is 0 Å². The molecule has 0 amide bonds. The van der Waals surface area contributed by atoms with Crippen molar-refractivity contribution >= 4 is 11.9 Å². The summed E-state index contributed by atoms with van der Waals surface area (Å²) in [5.41, 5.74) is 1.40. The minimum Gasteiger partial charge on any atom is -0.468 e. The Morgan fingerprint density at radius 3 is 2.32 bits per heavy atom. The first-order chi connectivity index (χ1) is 9.05. The van der Waals surface area contributed by atoms with Crippen LogP contribution in [0, 0.1) is 11.3 Å². The third-order valence-corrected chi connectivity index (χ3v) is 3.48. The lowest BCUT2D eigenvalue weighted by molar-refractivity contribution is -0.169. The molecule has 0 aromatic carbocycles. The third kappa shape index (κ3) is 2.88. The molecule has 0 saturated heterocycles. The first kappa shape index (κ1) is 15.5. The Balaban J connectivity index is 3.10. The maximum Gasteiger partial charge on any atom is 0.323 e. The Hall–Kier alpha value is -1.58. The van der Waals surface area contributed by atoms with E-state index >= 15 is 0 Å². The second-order valence-electron chi connectivity index (χ2n) is 4.50. The van der Waals surface area contributed by atoms with Crippen LogP contribution >= 0.6 is 0 Å². The van der Waals surface area contributed by atoms with Crippen molar-refractivity contribution in [2.24, 2.45) is 11.3 Å². The van der Waals surface area contributed by atoms with Gasteiger partial charge in [-0.3, -0.25) is 9.59 Å². The molecular weight excluding hydrogens is 248 g/mol. The number of rotatable bonds is 5. The van der Waals surface area contributed by atoms with Gasteiger partial charge in [0.2, 0.25) is 0 Å². The Bertz CT molecular complexity index is 379. The lowest BCUT2D eigenvalue weighted by Gasteiger charge is -2.22. The molecule has 19 heavy (non-hydrogen) atoms. The minimum atomic E-state index is -1.29. The van der Waals surface area contributed by atoms with Crippen molar-refractivity contribution in [3.8, 4) is 0 Å². The number of carbonyl (C=O) groups excluding carboxylic acids is 2. The molecule has 1 aliphatic rings. The molecule has 5 heteroatoms. The van der Waals surface area contributed by atoms with E-state index in [-0.39, 0.29) is 18.4 Å². The van der Waals surface area contributed by atoms with Gasteiger partial charge in [-0.1, -0.05) is 6.58 Å². The number of hydrogen-bond acceptors (Lipinski definition) is 5. The second-order valence-corrected chi connectivity index (χ2v) is 4.50. The Kier molecular flexibility index (Phi) is 5.33. The zero-order valence-electron chi connectivity index (χ0n) is 11.6. The summed E-state index contributed by atoms with van der Waals surface area (Å²) in [5.74, 6) is -1.26. The summed E-state index contributed by atoms with van der Waals surface area (Å²) in [7, 11) is 2.53. The largest absolute Gasteiger partial charge is 0.468 e. The first-order valence-electron chi connectivity index (χ1n) is 6.20. The molecule has 2 atom stereocenters. The summed E-state index contributed by atoms with van der Waals surface area (Å²) < 4.78 is 15.1. The van der Waals surface area contributed by atoms with Gasteiger partial charge in [-0.25, -0.2) is 0 Å². The SMILES string of the molecule is C=C=C[C@H]1CC(C(=O)OC)(C(=O)OC)C[C@H]1OCC. The van der Waals surface area contributed by atoms with Gasteiger partial charge in [0.15, 0.2) is 5.41 Å². The molecule has 0 aromatic rings. The molecule has 1 fully saturated rings. The van der Waals surface area contributed by atoms with Gasteiger partial charge >= 0.3 is 11.9 Å². The lowest BCUT2D eigenvalue weighted by atomic mass is 9.85. The normalized spacial score (nSPS) is 24.4. The molecule has 0 heterocycles. The highest BCUT2D eigenvalue weighted by molar-refractivity contribution is 6.00. The van der Waals surface area contributed by atoms with Gasteiger partial charge in [0.05, 0.1) is 20.3 Å². The van der Waals surface area contributed by atoms with E-state index in [9.17, 15) is 9.59 Å². The van der Waals surface area contributed by atoms with Crippen LogP contribution in [0.5, 0.6) is 0 Å². The van der Waals surface area contributed by atoms with Gasteiger partial charge in [-0.15, -0.1) is 5.73 Å². The Morgan fingerprint density at radius 2 is 1.89 bits per heavy atom. The van der Waals surface area contributed by atoms with E-state index < -0.39 is 17.4 Å². The van der Waals surface area contributed by atoms with Crippen molar-refractivity contribution in [3.63, 3.8) is 0 Å². The number of hydrogen-bond donors (Lipinski definition) is 0. The molecule has 0 N–H and O–H groups in total. The van der Waals surface area contributed by atoms with E-state index in [1.165, 1.54) is 14.2 Å². The van der Waals surface area contributed by atoms with Crippen molar-refractivity contribution < 1.29 is 23.8 Å². The molecular formula is C14H20O5. The van der Waals surface area contributed by atoms with Gasteiger partial charge in [-0.05, 0) is 19.4 Å². The molecule has 1 aliphatic carbocycles. The topological polar surface area (TPSA) is 61.8 Å². The monoisotopic (exact) mass is 268 g/mol. The highest BCUT2D eigenvalue weighted by Crippen LogP contribution is 2.45. The summed E-state index contributed by atoms with van der Waals surface area (Å²) in [4.78, 5) is 24.0. The van der Waals surface area contributed by atoms with Gasteiger partial charge in [0, 0.05) is 18.9 Å². The fourth-order valence-electron chi connectivity index (χ4n) is 2.63. The summed E-state index contributed by atoms with van der Waals surface area (Å²) in [6, 6.07) is 0. The number of ether oxygens (including phenoxy) is 3. The smallest absolute Gasteiger partial charge is 0.323 e. The summed E-state index contributed by atoms with van der Waals surface area (Å²) in [6.07, 6.45) is 2.04. The van der Waals surface area contributed by atoms with E-state index in [2.05, 4.69) is 12.3 Å². The molecule has 106 valence electrons.